The van der Waals surface area contributed by atoms with E-state index in [-0.39, 0.29) is 73.7 Å². The molecule has 0 atom stereocenters. The zero-order valence-corrected chi connectivity index (χ0v) is 29.8. The molecule has 0 saturated carbocycles. The molecule has 4 N–H and O–H groups in total. The summed E-state index contributed by atoms with van der Waals surface area (Å²) in [6.07, 6.45) is 4.74. The fourth-order valence-corrected chi connectivity index (χ4v) is 4.41. The van der Waals surface area contributed by atoms with Gasteiger partial charge < -0.3 is 29.6 Å². The van der Waals surface area contributed by atoms with Gasteiger partial charge in [0, 0.05) is 23.1 Å². The molecule has 3 rings (SSSR count). The number of hydrogen-bond donors (Lipinski definition) is 3. The van der Waals surface area contributed by atoms with E-state index in [2.05, 4.69) is 37.4 Å². The van der Waals surface area contributed by atoms with Gasteiger partial charge in [-0.2, -0.15) is 15.1 Å². The summed E-state index contributed by atoms with van der Waals surface area (Å²) in [7, 11) is 0. The van der Waals surface area contributed by atoms with Gasteiger partial charge in [0.05, 0.1) is 41.2 Å². The summed E-state index contributed by atoms with van der Waals surface area (Å²) in [5.74, 6) is 0.000366. The van der Waals surface area contributed by atoms with Crippen LogP contribution in [-0.2, 0) is 23.8 Å². The van der Waals surface area contributed by atoms with E-state index in [1.54, 1.807) is 66.4 Å². The number of allylic oxidation sites excluding steroid dienone is 3. The number of aliphatic imine (C=N–C) groups is 2. The Morgan fingerprint density at radius 3 is 2.32 bits per heavy atom. The van der Waals surface area contributed by atoms with Crippen LogP contribution >= 0.6 is 0 Å². The van der Waals surface area contributed by atoms with Gasteiger partial charge in [0.25, 0.3) is 5.69 Å². The summed E-state index contributed by atoms with van der Waals surface area (Å²) in [6, 6.07) is 16.4. The number of amides is 3. The fourth-order valence-electron chi connectivity index (χ4n) is 4.41. The van der Waals surface area contributed by atoms with Gasteiger partial charge in [0.15, 0.2) is 5.75 Å². The Morgan fingerprint density at radius 1 is 0.911 bits per heavy atom. The standard InChI is InChI=1S/C36H35N9O11/c1-3-5-28(20-25(2)38-23-46)40-35(49)55-17-15-44(14-16-54-34(37)48)30-10-8-26(9-11-30)42-43-32-13-12-31(45(51)52)22-33(32)53-18-19-56-36(50)41-29-7-4-6-27(21-29)39-24-47/h3-13,20-22H,2,14-19H2,1H3,(H2,37,48)(H,40,49)(H,41,50)/b5-3-,28-20+,43-42+. The second-order valence-corrected chi connectivity index (χ2v) is 10.7. The average molecular weight is 770 g/mol. The van der Waals surface area contributed by atoms with E-state index in [9.17, 15) is 34.1 Å². The molecule has 0 aliphatic rings. The van der Waals surface area contributed by atoms with Crippen molar-refractivity contribution in [3.8, 4) is 5.75 Å². The van der Waals surface area contributed by atoms with Crippen LogP contribution in [0, 0.1) is 10.1 Å². The number of isocyanates is 2. The molecule has 0 saturated heterocycles. The van der Waals surface area contributed by atoms with Crippen LogP contribution in [0.25, 0.3) is 0 Å². The number of carbonyl (C=O) groups excluding carboxylic acids is 5. The number of hydrogen-bond acceptors (Lipinski definition) is 16. The molecule has 0 heterocycles. The summed E-state index contributed by atoms with van der Waals surface area (Å²) < 4.78 is 20.9. The Labute approximate surface area is 318 Å². The van der Waals surface area contributed by atoms with Crippen LogP contribution in [0.3, 0.4) is 0 Å². The molecule has 20 heteroatoms. The maximum Gasteiger partial charge on any atom is 0.411 e. The average Bonchev–Trinajstić information content (AvgIpc) is 3.16. The number of nitrogens with zero attached hydrogens (tertiary/aromatic N) is 6. The fraction of sp³-hybridized carbons (Fsp3) is 0.194. The molecule has 0 aliphatic heterocycles. The molecule has 3 amide bonds. The number of primary amides is 1. The minimum Gasteiger partial charge on any atom is -0.487 e. The molecule has 0 radical (unpaired) electrons. The lowest BCUT2D eigenvalue weighted by Crippen LogP contribution is -2.34. The third kappa shape index (κ3) is 15.3. The lowest BCUT2D eigenvalue weighted by molar-refractivity contribution is -0.384. The lowest BCUT2D eigenvalue weighted by Gasteiger charge is -2.24. The number of nitro groups is 1. The third-order valence-corrected chi connectivity index (χ3v) is 6.79. The molecular formula is C36H35N9O11. The largest absolute Gasteiger partial charge is 0.487 e. The number of nitrogens with one attached hydrogen (secondary N) is 2. The van der Waals surface area contributed by atoms with Gasteiger partial charge in [-0.1, -0.05) is 18.7 Å². The highest BCUT2D eigenvalue weighted by molar-refractivity contribution is 5.85. The summed E-state index contributed by atoms with van der Waals surface area (Å²) in [5, 5.41) is 24.8. The van der Waals surface area contributed by atoms with Crippen molar-refractivity contribution in [2.45, 2.75) is 6.92 Å². The summed E-state index contributed by atoms with van der Waals surface area (Å²) in [4.78, 5) is 76.1. The number of azo groups is 1. The zero-order valence-electron chi connectivity index (χ0n) is 29.8. The van der Waals surface area contributed by atoms with Crippen LogP contribution in [0.15, 0.2) is 123 Å². The first kappa shape index (κ1) is 42.5. The van der Waals surface area contributed by atoms with E-state index >= 15 is 0 Å². The smallest absolute Gasteiger partial charge is 0.411 e. The number of benzene rings is 3. The molecule has 3 aromatic carbocycles. The number of rotatable bonds is 20. The SMILES string of the molecule is C=C(/C=C(\C=C/C)NC(=O)OCCN(CCOC(N)=O)c1ccc(/N=N/c2ccc([N+](=O)[O-])cc2OCCOC(=O)Nc2cccc(N=C=O)c2)cc1)N=C=O. The van der Waals surface area contributed by atoms with Gasteiger partial charge in [-0.05, 0) is 67.6 Å². The number of non-ortho nitro benzene ring substituents is 1. The van der Waals surface area contributed by atoms with Crippen molar-refractivity contribution in [3.63, 3.8) is 0 Å². The molecular weight excluding hydrogens is 734 g/mol. The minimum atomic E-state index is -0.960. The predicted molar refractivity (Wildman–Crippen MR) is 201 cm³/mol. The quantitative estimate of drug-likeness (QED) is 0.0161. The summed E-state index contributed by atoms with van der Waals surface area (Å²) in [6.45, 7) is 5.04. The lowest BCUT2D eigenvalue weighted by atomic mass is 10.2. The first-order chi connectivity index (χ1) is 27.0. The van der Waals surface area contributed by atoms with Crippen molar-refractivity contribution in [2.24, 2.45) is 25.9 Å². The Hall–Kier alpha value is -7.95. The van der Waals surface area contributed by atoms with Crippen molar-refractivity contribution in [2.75, 3.05) is 49.7 Å². The second-order valence-electron chi connectivity index (χ2n) is 10.7. The summed E-state index contributed by atoms with van der Waals surface area (Å²) in [5.41, 5.74) is 6.92. The summed E-state index contributed by atoms with van der Waals surface area (Å²) >= 11 is 0. The molecule has 290 valence electrons. The maximum atomic E-state index is 12.4. The number of anilines is 2. The minimum absolute atomic E-state index is 0.000366. The Balaban J connectivity index is 1.65. The zero-order chi connectivity index (χ0) is 40.7. The van der Waals surface area contributed by atoms with Gasteiger partial charge in [-0.15, -0.1) is 5.11 Å². The first-order valence-corrected chi connectivity index (χ1v) is 16.3. The van der Waals surface area contributed by atoms with Crippen molar-refractivity contribution >= 4 is 64.6 Å². The Kier molecular flexibility index (Phi) is 17.3. The van der Waals surface area contributed by atoms with Gasteiger partial charge >= 0.3 is 18.3 Å². The van der Waals surface area contributed by atoms with E-state index in [0.717, 1.165) is 6.07 Å². The highest BCUT2D eigenvalue weighted by atomic mass is 16.6. The molecule has 0 unspecified atom stereocenters. The van der Waals surface area contributed by atoms with Crippen LogP contribution in [0.1, 0.15) is 6.92 Å². The molecule has 0 spiro atoms. The van der Waals surface area contributed by atoms with E-state index < -0.39 is 23.2 Å². The van der Waals surface area contributed by atoms with E-state index in [1.165, 1.54) is 36.4 Å². The maximum absolute atomic E-state index is 12.4. The van der Waals surface area contributed by atoms with Crippen LogP contribution in [0.2, 0.25) is 0 Å². The van der Waals surface area contributed by atoms with Crippen molar-refractivity contribution in [1.82, 2.24) is 5.32 Å². The number of carbonyl (C=O) groups is 3. The number of ether oxygens (including phenoxy) is 4. The van der Waals surface area contributed by atoms with Crippen LogP contribution in [0.5, 0.6) is 5.75 Å². The molecule has 56 heavy (non-hydrogen) atoms. The topological polar surface area (TPSA) is 268 Å². The van der Waals surface area contributed by atoms with Gasteiger partial charge in [-0.3, -0.25) is 20.7 Å². The highest BCUT2D eigenvalue weighted by Crippen LogP contribution is 2.33. The number of nitro benzene ring substituents is 1. The molecule has 20 nitrogen and oxygen atoms in total. The molecule has 3 aromatic rings. The van der Waals surface area contributed by atoms with Crippen molar-refractivity contribution in [1.29, 1.82) is 0 Å². The Morgan fingerprint density at radius 2 is 1.64 bits per heavy atom. The van der Waals surface area contributed by atoms with Crippen molar-refractivity contribution in [3.05, 3.63) is 113 Å². The normalized spacial score (nSPS) is 10.8. The predicted octanol–water partition coefficient (Wildman–Crippen LogP) is 6.54. The van der Waals surface area contributed by atoms with Crippen LogP contribution in [-0.4, -0.2) is 74.9 Å². The number of nitrogens with two attached hydrogens (primary N) is 1. The van der Waals surface area contributed by atoms with Gasteiger partial charge in [0.1, 0.15) is 32.1 Å². The molecule has 0 aromatic heterocycles. The van der Waals surface area contributed by atoms with E-state index in [0.29, 0.717) is 17.1 Å². The monoisotopic (exact) mass is 769 g/mol. The highest BCUT2D eigenvalue weighted by Gasteiger charge is 2.14. The first-order valence-electron chi connectivity index (χ1n) is 16.3. The second kappa shape index (κ2) is 22.9. The van der Waals surface area contributed by atoms with Gasteiger partial charge in [-0.25, -0.2) is 24.0 Å². The Bertz CT molecular complexity index is 2070. The van der Waals surface area contributed by atoms with E-state index in [1.807, 2.05) is 0 Å². The van der Waals surface area contributed by atoms with E-state index in [4.69, 9.17) is 24.7 Å². The van der Waals surface area contributed by atoms with Crippen LogP contribution < -0.4 is 26.0 Å². The van der Waals surface area contributed by atoms with Crippen LogP contribution in [0.4, 0.5) is 48.5 Å². The molecule has 0 fully saturated rings. The molecule has 0 bridgehead atoms. The van der Waals surface area contributed by atoms with Gasteiger partial charge in [0.2, 0.25) is 12.2 Å². The number of alkyl carbamates (subject to hydrolysis) is 1. The van der Waals surface area contributed by atoms with Crippen molar-refractivity contribution < 1.29 is 47.8 Å². The molecule has 0 aliphatic carbocycles. The third-order valence-electron chi connectivity index (χ3n) is 6.79.